The van der Waals surface area contributed by atoms with E-state index in [9.17, 15) is 10.1 Å². The fraction of sp³-hybridized carbons (Fsp3) is 0.500. The number of aromatic nitrogens is 1. The number of nitro groups is 1. The Kier molecular flexibility index (Phi) is 3.36. The van der Waals surface area contributed by atoms with Crippen molar-refractivity contribution < 1.29 is 4.92 Å². The molecule has 0 aliphatic heterocycles. The average Bonchev–Trinajstić information content (AvgIpc) is 2.14. The smallest absolute Gasteiger partial charge is 0.287 e. The highest BCUT2D eigenvalue weighted by molar-refractivity contribution is 5.26. The molecule has 5 heteroatoms. The van der Waals surface area contributed by atoms with E-state index in [1.165, 1.54) is 12.3 Å². The first-order valence-corrected chi connectivity index (χ1v) is 4.77. The summed E-state index contributed by atoms with van der Waals surface area (Å²) in [5, 5.41) is 10.4. The maximum atomic E-state index is 10.4. The largest absolute Gasteiger partial charge is 0.326 e. The summed E-state index contributed by atoms with van der Waals surface area (Å²) in [6, 6.07) is 3.13. The summed E-state index contributed by atoms with van der Waals surface area (Å²) in [6.07, 6.45) is 2.82. The molecule has 0 saturated carbocycles. The lowest BCUT2D eigenvalue weighted by atomic mass is 9.99. The van der Waals surface area contributed by atoms with Gasteiger partial charge in [-0.05, 0) is 32.8 Å². The van der Waals surface area contributed by atoms with Crippen molar-refractivity contribution in [3.8, 4) is 0 Å². The zero-order valence-electron chi connectivity index (χ0n) is 8.93. The van der Waals surface area contributed by atoms with Gasteiger partial charge in [-0.25, -0.2) is 0 Å². The molecule has 0 unspecified atom stereocenters. The quantitative estimate of drug-likeness (QED) is 0.604. The molecular formula is C10H15N3O2. The van der Waals surface area contributed by atoms with E-state index in [0.717, 1.165) is 18.5 Å². The third-order valence-electron chi connectivity index (χ3n) is 2.05. The van der Waals surface area contributed by atoms with Gasteiger partial charge in [0.15, 0.2) is 0 Å². The van der Waals surface area contributed by atoms with E-state index in [1.807, 2.05) is 13.8 Å². The standard InChI is InChI=1S/C10H15N3O2/c1-10(2,11)6-5-8-3-4-9(7-12-8)13(14)15/h3-4,7H,5-6,11H2,1-2H3. The number of rotatable bonds is 4. The van der Waals surface area contributed by atoms with Crippen molar-refractivity contribution in [2.75, 3.05) is 0 Å². The van der Waals surface area contributed by atoms with E-state index >= 15 is 0 Å². The maximum Gasteiger partial charge on any atom is 0.287 e. The minimum atomic E-state index is -0.455. The molecule has 1 aromatic rings. The Morgan fingerprint density at radius 2 is 2.20 bits per heavy atom. The average molecular weight is 209 g/mol. The van der Waals surface area contributed by atoms with Crippen LogP contribution in [-0.4, -0.2) is 15.4 Å². The molecule has 0 spiro atoms. The monoisotopic (exact) mass is 209 g/mol. The zero-order chi connectivity index (χ0) is 11.5. The maximum absolute atomic E-state index is 10.4. The SMILES string of the molecule is CC(C)(N)CCc1ccc([N+](=O)[O-])cn1. The molecule has 0 bridgehead atoms. The van der Waals surface area contributed by atoms with E-state index in [-0.39, 0.29) is 11.2 Å². The van der Waals surface area contributed by atoms with Gasteiger partial charge in [0.05, 0.1) is 4.92 Å². The van der Waals surface area contributed by atoms with Crippen molar-refractivity contribution in [1.29, 1.82) is 0 Å². The van der Waals surface area contributed by atoms with Crippen LogP contribution in [-0.2, 0) is 6.42 Å². The van der Waals surface area contributed by atoms with Crippen molar-refractivity contribution in [3.63, 3.8) is 0 Å². The van der Waals surface area contributed by atoms with Gasteiger partial charge in [0.1, 0.15) is 6.20 Å². The molecule has 2 N–H and O–H groups in total. The van der Waals surface area contributed by atoms with Crippen molar-refractivity contribution >= 4 is 5.69 Å². The van der Waals surface area contributed by atoms with Gasteiger partial charge in [-0.3, -0.25) is 15.1 Å². The molecule has 0 radical (unpaired) electrons. The van der Waals surface area contributed by atoms with Crippen LogP contribution in [0.3, 0.4) is 0 Å². The first kappa shape index (κ1) is 11.6. The number of hydrogen-bond acceptors (Lipinski definition) is 4. The second-order valence-corrected chi connectivity index (χ2v) is 4.25. The van der Waals surface area contributed by atoms with Crippen LogP contribution < -0.4 is 5.73 Å². The van der Waals surface area contributed by atoms with Gasteiger partial charge in [-0.15, -0.1) is 0 Å². The van der Waals surface area contributed by atoms with Crippen LogP contribution in [0.15, 0.2) is 18.3 Å². The van der Waals surface area contributed by atoms with Crippen LogP contribution in [0.4, 0.5) is 5.69 Å². The van der Waals surface area contributed by atoms with Crippen LogP contribution in [0.25, 0.3) is 0 Å². The summed E-state index contributed by atoms with van der Waals surface area (Å²) >= 11 is 0. The Morgan fingerprint density at radius 1 is 1.53 bits per heavy atom. The fourth-order valence-corrected chi connectivity index (χ4v) is 1.12. The lowest BCUT2D eigenvalue weighted by Gasteiger charge is -2.17. The summed E-state index contributed by atoms with van der Waals surface area (Å²) < 4.78 is 0. The predicted octanol–water partition coefficient (Wildman–Crippen LogP) is 1.66. The Hall–Kier alpha value is -1.49. The molecule has 1 rings (SSSR count). The van der Waals surface area contributed by atoms with Gasteiger partial charge >= 0.3 is 0 Å². The Labute approximate surface area is 88.5 Å². The molecule has 0 atom stereocenters. The summed E-state index contributed by atoms with van der Waals surface area (Å²) in [7, 11) is 0. The zero-order valence-corrected chi connectivity index (χ0v) is 8.93. The Morgan fingerprint density at radius 3 is 2.60 bits per heavy atom. The molecule has 0 fully saturated rings. The Balaban J connectivity index is 2.61. The van der Waals surface area contributed by atoms with Crippen LogP contribution in [0.2, 0.25) is 0 Å². The Bertz CT molecular complexity index is 341. The molecule has 1 heterocycles. The van der Waals surface area contributed by atoms with E-state index < -0.39 is 4.92 Å². The molecule has 0 amide bonds. The number of nitrogens with zero attached hydrogens (tertiary/aromatic N) is 2. The van der Waals surface area contributed by atoms with E-state index in [0.29, 0.717) is 0 Å². The van der Waals surface area contributed by atoms with Gasteiger partial charge < -0.3 is 5.73 Å². The minimum absolute atomic E-state index is 0.0192. The van der Waals surface area contributed by atoms with E-state index in [2.05, 4.69) is 4.98 Å². The summed E-state index contributed by atoms with van der Waals surface area (Å²) in [6.45, 7) is 3.89. The molecule has 15 heavy (non-hydrogen) atoms. The second kappa shape index (κ2) is 4.35. The fourth-order valence-electron chi connectivity index (χ4n) is 1.12. The number of aryl methyl sites for hydroxylation is 1. The van der Waals surface area contributed by atoms with E-state index in [4.69, 9.17) is 5.73 Å². The van der Waals surface area contributed by atoms with Gasteiger partial charge in [0.2, 0.25) is 0 Å². The first-order chi connectivity index (χ1) is 6.88. The topological polar surface area (TPSA) is 82.0 Å². The lowest BCUT2D eigenvalue weighted by molar-refractivity contribution is -0.385. The first-order valence-electron chi connectivity index (χ1n) is 4.77. The van der Waals surface area contributed by atoms with Crippen LogP contribution in [0.5, 0.6) is 0 Å². The number of nitrogens with two attached hydrogens (primary N) is 1. The van der Waals surface area contributed by atoms with Crippen molar-refractivity contribution in [3.05, 3.63) is 34.1 Å². The summed E-state index contributed by atoms with van der Waals surface area (Å²) in [5.74, 6) is 0. The van der Waals surface area contributed by atoms with Gasteiger partial charge in [0, 0.05) is 17.3 Å². The summed E-state index contributed by atoms with van der Waals surface area (Å²) in [5.41, 5.74) is 6.44. The predicted molar refractivity (Wildman–Crippen MR) is 57.5 cm³/mol. The normalized spacial score (nSPS) is 11.4. The highest BCUT2D eigenvalue weighted by Gasteiger charge is 2.11. The molecule has 0 saturated heterocycles. The molecule has 0 aromatic carbocycles. The van der Waals surface area contributed by atoms with Crippen molar-refractivity contribution in [2.45, 2.75) is 32.2 Å². The van der Waals surface area contributed by atoms with Crippen LogP contribution >= 0.6 is 0 Å². The van der Waals surface area contributed by atoms with Gasteiger partial charge in [0.25, 0.3) is 5.69 Å². The minimum Gasteiger partial charge on any atom is -0.326 e. The third kappa shape index (κ3) is 4.03. The van der Waals surface area contributed by atoms with Crippen LogP contribution in [0, 0.1) is 10.1 Å². The second-order valence-electron chi connectivity index (χ2n) is 4.25. The highest BCUT2D eigenvalue weighted by Crippen LogP contribution is 2.12. The molecule has 0 aliphatic rings. The molecule has 82 valence electrons. The number of hydrogen-bond donors (Lipinski definition) is 1. The molecular weight excluding hydrogens is 194 g/mol. The van der Waals surface area contributed by atoms with Crippen LogP contribution in [0.1, 0.15) is 26.0 Å². The lowest BCUT2D eigenvalue weighted by Crippen LogP contribution is -2.32. The van der Waals surface area contributed by atoms with Gasteiger partial charge in [-0.2, -0.15) is 0 Å². The number of pyridine rings is 1. The molecule has 0 aliphatic carbocycles. The van der Waals surface area contributed by atoms with Gasteiger partial charge in [-0.1, -0.05) is 0 Å². The molecule has 1 aromatic heterocycles. The van der Waals surface area contributed by atoms with E-state index in [1.54, 1.807) is 6.07 Å². The highest BCUT2D eigenvalue weighted by atomic mass is 16.6. The summed E-state index contributed by atoms with van der Waals surface area (Å²) in [4.78, 5) is 13.9. The van der Waals surface area contributed by atoms with Crippen molar-refractivity contribution in [2.24, 2.45) is 5.73 Å². The third-order valence-corrected chi connectivity index (χ3v) is 2.05. The van der Waals surface area contributed by atoms with Crippen molar-refractivity contribution in [1.82, 2.24) is 4.98 Å². The molecule has 5 nitrogen and oxygen atoms in total.